The van der Waals surface area contributed by atoms with Gasteiger partial charge in [0.1, 0.15) is 0 Å². The molecule has 6 aromatic rings. The predicted molar refractivity (Wildman–Crippen MR) is 192 cm³/mol. The van der Waals surface area contributed by atoms with Crippen LogP contribution in [0.5, 0.6) is 0 Å². The molecule has 0 amide bonds. The minimum atomic E-state index is -0.834. The van der Waals surface area contributed by atoms with E-state index >= 15 is 0 Å². The molecule has 0 saturated heterocycles. The van der Waals surface area contributed by atoms with Crippen LogP contribution in [0.15, 0.2) is 175 Å². The van der Waals surface area contributed by atoms with Crippen LogP contribution in [-0.4, -0.2) is 4.38 Å². The molecule has 0 aliphatic heterocycles. The maximum atomic E-state index is 7.67. The van der Waals surface area contributed by atoms with Crippen LogP contribution >= 0.6 is 15.8 Å². The van der Waals surface area contributed by atoms with E-state index in [1.165, 1.54) is 38.0 Å². The molecular weight excluding hydrogens is 837 g/mol. The fourth-order valence-electron chi connectivity index (χ4n) is 4.54. The van der Waals surface area contributed by atoms with Gasteiger partial charge in [0.25, 0.3) is 0 Å². The molecule has 224 valence electrons. The smallest absolute Gasteiger partial charge is 0.788 e. The maximum absolute atomic E-state index is 7.67. The summed E-state index contributed by atoms with van der Waals surface area (Å²) in [5, 5.41) is 16.4. The van der Waals surface area contributed by atoms with E-state index < -0.39 is 15.8 Å². The summed E-state index contributed by atoms with van der Waals surface area (Å²) in [5.74, 6) is 0. The molecule has 0 N–H and O–H groups in total. The van der Waals surface area contributed by atoms with Gasteiger partial charge in [-0.25, -0.2) is 33.6 Å². The van der Waals surface area contributed by atoms with Gasteiger partial charge in [0.05, 0.1) is 21.2 Å². The molecule has 0 bridgehead atoms. The number of aliphatic imine (C=N–C) groups is 1. The molecule has 6 rings (SSSR count). The van der Waals surface area contributed by atoms with Gasteiger partial charge in [0.15, 0.2) is 0 Å². The van der Waals surface area contributed by atoms with Crippen LogP contribution in [0.25, 0.3) is 0 Å². The molecule has 2 nitrogen and oxygen atoms in total. The maximum Gasteiger partial charge on any atom is 2.00 e. The molecule has 0 atom stereocenters. The van der Waals surface area contributed by atoms with E-state index in [1.54, 1.807) is 0 Å². The number of nitrogens with zero attached hydrogens (tertiary/aromatic N) is 2. The van der Waals surface area contributed by atoms with E-state index in [0.717, 1.165) is 0 Å². The van der Waals surface area contributed by atoms with E-state index in [0.29, 0.717) is 0 Å². The fraction of sp³-hybridized carbons (Fsp3) is 0. The predicted octanol–water partition coefficient (Wildman–Crippen LogP) is 5.70. The zero-order chi connectivity index (χ0) is 29.4. The number of benzene rings is 4. The van der Waals surface area contributed by atoms with Crippen molar-refractivity contribution in [3.63, 3.8) is 0 Å². The summed E-state index contributed by atoms with van der Waals surface area (Å²) in [6.45, 7) is 0. The zero-order valence-corrected chi connectivity index (χ0v) is 30.6. The Hall–Kier alpha value is -2.75. The van der Waals surface area contributed by atoms with Gasteiger partial charge < -0.3 is 25.3 Å². The van der Waals surface area contributed by atoms with Crippen molar-refractivity contribution in [3.8, 4) is 6.19 Å². The second-order valence-corrected chi connectivity index (χ2v) is 15.0. The molecule has 0 spiro atoms. The molecule has 6 aromatic carbocycles. The molecule has 0 radical (unpaired) electrons. The molecule has 0 aromatic heterocycles. The zero-order valence-electron chi connectivity index (χ0n) is 23.5. The SMILES string of the molecule is N#CN=C([S-])[S-].[Fe].[Pt+2].c1ccc([PH+](c2ccccc2)[c-]2cccc2)cc1.c1ccc([PH+](c2ccccc2)[c-]2cccc2)cc1. The first kappa shape index (κ1) is 37.4. The molecule has 0 unspecified atom stereocenters. The van der Waals surface area contributed by atoms with E-state index in [2.05, 4.69) is 200 Å². The van der Waals surface area contributed by atoms with Crippen molar-refractivity contribution < 1.29 is 38.1 Å². The topological polar surface area (TPSA) is 36.1 Å². The molecule has 8 heteroatoms. The van der Waals surface area contributed by atoms with Crippen LogP contribution in [-0.2, 0) is 63.4 Å². The Morgan fingerprint density at radius 2 is 0.750 bits per heavy atom. The van der Waals surface area contributed by atoms with E-state index in [9.17, 15) is 0 Å². The molecular formula is C36H30FeN2P2PtS2. The van der Waals surface area contributed by atoms with E-state index in [1.807, 2.05) is 0 Å². The Balaban J connectivity index is 0.000000251. The van der Waals surface area contributed by atoms with Crippen LogP contribution in [0, 0.1) is 11.5 Å². The number of nitriles is 1. The molecule has 44 heavy (non-hydrogen) atoms. The second kappa shape index (κ2) is 21.1. The van der Waals surface area contributed by atoms with Gasteiger partial charge in [-0.05, 0) is 59.1 Å². The summed E-state index contributed by atoms with van der Waals surface area (Å²) >= 11 is 8.44. The standard InChI is InChI=1S/2C17H15P.C2H2N2S2.Fe.Pt/c2*1-3-9-15(10-4-1)18(17-13-7-8-14-17)16-11-5-2-6-12-16;3-1-4-2(5)6;;/h2*1-14,18H;(H2,4,5,6);;/q;;;;+2/p-2. The summed E-state index contributed by atoms with van der Waals surface area (Å²) in [4.78, 5) is 2.98. The van der Waals surface area contributed by atoms with Crippen molar-refractivity contribution >= 4 is 77.3 Å². The van der Waals surface area contributed by atoms with Crippen LogP contribution in [0.3, 0.4) is 0 Å². The van der Waals surface area contributed by atoms with E-state index in [-0.39, 0.29) is 42.5 Å². The van der Waals surface area contributed by atoms with Crippen LogP contribution in [0.2, 0.25) is 0 Å². The summed E-state index contributed by atoms with van der Waals surface area (Å²) < 4.78 is -0.0301. The van der Waals surface area contributed by atoms with Gasteiger partial charge in [-0.1, -0.05) is 72.8 Å². The van der Waals surface area contributed by atoms with Gasteiger partial charge in [-0.15, -0.1) is 24.3 Å². The van der Waals surface area contributed by atoms with Gasteiger partial charge in [0, 0.05) is 32.9 Å². The molecule has 0 heterocycles. The quantitative estimate of drug-likeness (QED) is 0.0411. The summed E-state index contributed by atoms with van der Waals surface area (Å²) in [6.07, 6.45) is 1.45. The van der Waals surface area contributed by atoms with Gasteiger partial charge in [-0.3, -0.25) is 0 Å². The second-order valence-electron chi connectivity index (χ2n) is 9.04. The largest absolute Gasteiger partial charge is 2.00 e. The van der Waals surface area contributed by atoms with Crippen molar-refractivity contribution in [3.05, 3.63) is 170 Å². The van der Waals surface area contributed by atoms with Crippen LogP contribution in [0.4, 0.5) is 0 Å². The monoisotopic (exact) mass is 867 g/mol. The molecule has 0 aliphatic rings. The molecule has 0 aliphatic carbocycles. The first-order valence-electron chi connectivity index (χ1n) is 13.4. The Morgan fingerprint density at radius 1 is 0.500 bits per heavy atom. The number of hydrogen-bond donors (Lipinski definition) is 0. The third kappa shape index (κ3) is 11.6. The third-order valence-corrected chi connectivity index (χ3v) is 11.9. The van der Waals surface area contributed by atoms with Gasteiger partial charge in [-0.2, -0.15) is 5.26 Å². The van der Waals surface area contributed by atoms with E-state index in [4.69, 9.17) is 5.26 Å². The minimum absolute atomic E-state index is 0. The Bertz CT molecular complexity index is 1450. The van der Waals surface area contributed by atoms with Crippen molar-refractivity contribution in [1.29, 1.82) is 5.26 Å². The first-order valence-corrected chi connectivity index (χ1v) is 17.2. The third-order valence-electron chi connectivity index (χ3n) is 6.29. The summed E-state index contributed by atoms with van der Waals surface area (Å²) in [7, 11) is -1.67. The molecule has 0 fully saturated rings. The minimum Gasteiger partial charge on any atom is -0.788 e. The molecule has 0 saturated carbocycles. The number of rotatable bonds is 6. The summed E-state index contributed by atoms with van der Waals surface area (Å²) in [5.41, 5.74) is 0. The fourth-order valence-corrected chi connectivity index (χ4v) is 9.78. The van der Waals surface area contributed by atoms with Crippen LogP contribution < -0.4 is 31.8 Å². The van der Waals surface area contributed by atoms with Crippen molar-refractivity contribution in [2.24, 2.45) is 4.99 Å². The Kier molecular flexibility index (Phi) is 17.9. The Labute approximate surface area is 299 Å². The Morgan fingerprint density at radius 3 is 0.932 bits per heavy atom. The number of hydrogen-bond acceptors (Lipinski definition) is 4. The normalized spacial score (nSPS) is 9.57. The van der Waals surface area contributed by atoms with Crippen molar-refractivity contribution in [2.45, 2.75) is 0 Å². The van der Waals surface area contributed by atoms with Crippen LogP contribution in [0.1, 0.15) is 0 Å². The van der Waals surface area contributed by atoms with Crippen molar-refractivity contribution in [1.82, 2.24) is 0 Å². The first-order chi connectivity index (χ1) is 20.7. The average molecular weight is 868 g/mol. The average Bonchev–Trinajstić information content (AvgIpc) is 3.76. The van der Waals surface area contributed by atoms with Gasteiger partial charge >= 0.3 is 21.1 Å². The summed E-state index contributed by atoms with van der Waals surface area (Å²) in [6, 6.07) is 60.8. The van der Waals surface area contributed by atoms with Crippen molar-refractivity contribution in [2.75, 3.05) is 0 Å². The van der Waals surface area contributed by atoms with Gasteiger partial charge in [0.2, 0.25) is 6.19 Å².